The van der Waals surface area contributed by atoms with E-state index in [1.165, 1.54) is 6.92 Å². The Morgan fingerprint density at radius 2 is 2.00 bits per heavy atom. The minimum absolute atomic E-state index is 0.0346. The van der Waals surface area contributed by atoms with E-state index in [1.54, 1.807) is 12.1 Å². The first-order chi connectivity index (χ1) is 9.92. The van der Waals surface area contributed by atoms with Crippen LogP contribution in [0.5, 0.6) is 0 Å². The minimum atomic E-state index is -3.49. The summed E-state index contributed by atoms with van der Waals surface area (Å²) in [7, 11) is -3.49. The third-order valence-corrected chi connectivity index (χ3v) is 5.30. The highest BCUT2D eigenvalue weighted by Gasteiger charge is 2.27. The highest BCUT2D eigenvalue weighted by molar-refractivity contribution is 7.91. The van der Waals surface area contributed by atoms with Crippen LogP contribution in [-0.4, -0.2) is 36.0 Å². The standard InChI is InChI=1S/C13H15ClN2O4S/c1-9(21(18,19)7-6-17)13-15-12(16-20-13)8-10-2-4-11(14)5-3-10/h2-5,9,17H,6-8H2,1H3. The quantitative estimate of drug-likeness (QED) is 0.867. The summed E-state index contributed by atoms with van der Waals surface area (Å²) >= 11 is 5.80. The van der Waals surface area contributed by atoms with E-state index in [0.717, 1.165) is 5.56 Å². The lowest BCUT2D eigenvalue weighted by Crippen LogP contribution is -2.17. The Morgan fingerprint density at radius 1 is 1.33 bits per heavy atom. The second-order valence-electron chi connectivity index (χ2n) is 4.58. The molecular weight excluding hydrogens is 316 g/mol. The lowest BCUT2D eigenvalue weighted by Gasteiger charge is -2.06. The molecule has 0 aliphatic carbocycles. The van der Waals surface area contributed by atoms with Crippen molar-refractivity contribution in [2.75, 3.05) is 12.4 Å². The fourth-order valence-electron chi connectivity index (χ4n) is 1.75. The number of aliphatic hydroxyl groups excluding tert-OH is 1. The highest BCUT2D eigenvalue weighted by Crippen LogP contribution is 2.21. The molecule has 0 aliphatic heterocycles. The fourth-order valence-corrected chi connectivity index (χ4v) is 2.88. The van der Waals surface area contributed by atoms with E-state index in [-0.39, 0.29) is 11.6 Å². The summed E-state index contributed by atoms with van der Waals surface area (Å²) in [6, 6.07) is 7.19. The first kappa shape index (κ1) is 15.9. The van der Waals surface area contributed by atoms with Gasteiger partial charge in [-0.1, -0.05) is 28.9 Å². The van der Waals surface area contributed by atoms with Crippen molar-refractivity contribution in [1.29, 1.82) is 0 Å². The van der Waals surface area contributed by atoms with Gasteiger partial charge in [-0.3, -0.25) is 0 Å². The molecule has 1 aromatic heterocycles. The molecule has 1 atom stereocenters. The number of hydrogen-bond donors (Lipinski definition) is 1. The summed E-state index contributed by atoms with van der Waals surface area (Å²) in [5.41, 5.74) is 0.942. The van der Waals surface area contributed by atoms with Gasteiger partial charge in [0.15, 0.2) is 15.7 Å². The average Bonchev–Trinajstić information content (AvgIpc) is 2.89. The van der Waals surface area contributed by atoms with Crippen LogP contribution in [0.25, 0.3) is 0 Å². The van der Waals surface area contributed by atoms with Crippen LogP contribution < -0.4 is 0 Å². The molecule has 0 aliphatic rings. The Morgan fingerprint density at radius 3 is 2.62 bits per heavy atom. The molecule has 0 fully saturated rings. The number of benzene rings is 1. The maximum Gasteiger partial charge on any atom is 0.244 e. The maximum atomic E-state index is 11.8. The third kappa shape index (κ3) is 4.03. The minimum Gasteiger partial charge on any atom is -0.395 e. The molecule has 0 amide bonds. The first-order valence-electron chi connectivity index (χ1n) is 6.31. The van der Waals surface area contributed by atoms with Crippen LogP contribution in [0.15, 0.2) is 28.8 Å². The lowest BCUT2D eigenvalue weighted by atomic mass is 10.1. The van der Waals surface area contributed by atoms with Crippen molar-refractivity contribution in [2.24, 2.45) is 0 Å². The highest BCUT2D eigenvalue weighted by atomic mass is 35.5. The lowest BCUT2D eigenvalue weighted by molar-refractivity contribution is 0.318. The fraction of sp³-hybridized carbons (Fsp3) is 0.385. The van der Waals surface area contributed by atoms with E-state index in [4.69, 9.17) is 21.2 Å². The van der Waals surface area contributed by atoms with Crippen LogP contribution >= 0.6 is 11.6 Å². The normalized spacial score (nSPS) is 13.3. The average molecular weight is 331 g/mol. The Bertz CT molecular complexity index is 697. The zero-order valence-corrected chi connectivity index (χ0v) is 12.9. The van der Waals surface area contributed by atoms with Crippen molar-refractivity contribution in [3.63, 3.8) is 0 Å². The monoisotopic (exact) mass is 330 g/mol. The summed E-state index contributed by atoms with van der Waals surface area (Å²) in [5, 5.41) is 12.2. The summed E-state index contributed by atoms with van der Waals surface area (Å²) < 4.78 is 28.7. The molecular formula is C13H15ClN2O4S. The molecule has 1 unspecified atom stereocenters. The molecule has 8 heteroatoms. The van der Waals surface area contributed by atoms with Crippen molar-refractivity contribution in [3.05, 3.63) is 46.6 Å². The van der Waals surface area contributed by atoms with E-state index in [0.29, 0.717) is 17.3 Å². The van der Waals surface area contributed by atoms with E-state index in [9.17, 15) is 8.42 Å². The summed E-state index contributed by atoms with van der Waals surface area (Å²) in [6.07, 6.45) is 0.424. The second-order valence-corrected chi connectivity index (χ2v) is 7.46. The van der Waals surface area contributed by atoms with Gasteiger partial charge in [0, 0.05) is 11.4 Å². The van der Waals surface area contributed by atoms with Crippen LogP contribution in [0.3, 0.4) is 0 Å². The van der Waals surface area contributed by atoms with Crippen LogP contribution in [0.1, 0.15) is 29.5 Å². The molecule has 114 valence electrons. The maximum absolute atomic E-state index is 11.8. The number of nitrogens with zero attached hydrogens (tertiary/aromatic N) is 2. The molecule has 0 saturated carbocycles. The molecule has 6 nitrogen and oxygen atoms in total. The molecule has 0 spiro atoms. The van der Waals surface area contributed by atoms with E-state index in [1.807, 2.05) is 12.1 Å². The van der Waals surface area contributed by atoms with E-state index < -0.39 is 21.7 Å². The van der Waals surface area contributed by atoms with Gasteiger partial charge in [0.25, 0.3) is 0 Å². The van der Waals surface area contributed by atoms with Gasteiger partial charge < -0.3 is 9.63 Å². The summed E-state index contributed by atoms with van der Waals surface area (Å²) in [5.74, 6) is 0.106. The van der Waals surface area contributed by atoms with Crippen LogP contribution in [0.4, 0.5) is 0 Å². The molecule has 0 bridgehead atoms. The van der Waals surface area contributed by atoms with Gasteiger partial charge in [-0.05, 0) is 24.6 Å². The van der Waals surface area contributed by atoms with Crippen LogP contribution in [0, 0.1) is 0 Å². The number of halogens is 1. The zero-order valence-electron chi connectivity index (χ0n) is 11.4. The number of hydrogen-bond acceptors (Lipinski definition) is 6. The first-order valence-corrected chi connectivity index (χ1v) is 8.41. The van der Waals surface area contributed by atoms with Crippen molar-refractivity contribution in [1.82, 2.24) is 10.1 Å². The molecule has 21 heavy (non-hydrogen) atoms. The largest absolute Gasteiger partial charge is 0.395 e. The van der Waals surface area contributed by atoms with Gasteiger partial charge >= 0.3 is 0 Å². The van der Waals surface area contributed by atoms with Gasteiger partial charge in [-0.2, -0.15) is 4.98 Å². The van der Waals surface area contributed by atoms with Gasteiger partial charge in [0.2, 0.25) is 5.89 Å². The molecule has 1 heterocycles. The van der Waals surface area contributed by atoms with Gasteiger partial charge in [-0.25, -0.2) is 8.42 Å². The Kier molecular flexibility index (Phi) is 4.97. The Balaban J connectivity index is 2.13. The molecule has 2 aromatic rings. The molecule has 2 rings (SSSR count). The topological polar surface area (TPSA) is 93.3 Å². The predicted octanol–water partition coefficient (Wildman–Crippen LogP) is 1.78. The van der Waals surface area contributed by atoms with Crippen LogP contribution in [-0.2, 0) is 16.3 Å². The summed E-state index contributed by atoms with van der Waals surface area (Å²) in [4.78, 5) is 4.10. The predicted molar refractivity (Wildman–Crippen MR) is 77.8 cm³/mol. The van der Waals surface area contributed by atoms with Crippen molar-refractivity contribution < 1.29 is 18.0 Å². The zero-order chi connectivity index (χ0) is 15.5. The van der Waals surface area contributed by atoms with Gasteiger partial charge in [-0.15, -0.1) is 0 Å². The van der Waals surface area contributed by atoms with Crippen molar-refractivity contribution in [3.8, 4) is 0 Å². The summed E-state index contributed by atoms with van der Waals surface area (Å²) in [6.45, 7) is 1.03. The third-order valence-electron chi connectivity index (χ3n) is 3.02. The Hall–Kier alpha value is -1.44. The molecule has 1 aromatic carbocycles. The number of sulfone groups is 1. The molecule has 1 N–H and O–H groups in total. The van der Waals surface area contributed by atoms with Gasteiger partial charge in [0.05, 0.1) is 12.4 Å². The Labute approximate surface area is 127 Å². The van der Waals surface area contributed by atoms with Crippen molar-refractivity contribution in [2.45, 2.75) is 18.6 Å². The number of aromatic nitrogens is 2. The number of rotatable bonds is 6. The molecule has 0 radical (unpaired) electrons. The van der Waals surface area contributed by atoms with Gasteiger partial charge in [0.1, 0.15) is 5.25 Å². The van der Waals surface area contributed by atoms with E-state index >= 15 is 0 Å². The molecule has 0 saturated heterocycles. The second kappa shape index (κ2) is 6.55. The van der Waals surface area contributed by atoms with Crippen LogP contribution in [0.2, 0.25) is 5.02 Å². The SMILES string of the molecule is CC(c1nc(Cc2ccc(Cl)cc2)no1)S(=O)(=O)CCO. The number of aliphatic hydroxyl groups is 1. The van der Waals surface area contributed by atoms with E-state index in [2.05, 4.69) is 10.1 Å². The van der Waals surface area contributed by atoms with Crippen molar-refractivity contribution >= 4 is 21.4 Å². The smallest absolute Gasteiger partial charge is 0.244 e.